The molecular weight excluding hydrogens is 306 g/mol. The predicted molar refractivity (Wildman–Crippen MR) is 87.9 cm³/mol. The zero-order valence-corrected chi connectivity index (χ0v) is 14.1. The van der Waals surface area contributed by atoms with Crippen molar-refractivity contribution < 1.29 is 9.53 Å². The van der Waals surface area contributed by atoms with Crippen molar-refractivity contribution in [3.8, 4) is 0 Å². The van der Waals surface area contributed by atoms with E-state index in [9.17, 15) is 4.79 Å². The van der Waals surface area contributed by atoms with Crippen LogP contribution in [0.1, 0.15) is 26.7 Å². The van der Waals surface area contributed by atoms with Gasteiger partial charge in [0.15, 0.2) is 0 Å². The van der Waals surface area contributed by atoms with Gasteiger partial charge in [0.05, 0.1) is 6.61 Å². The monoisotopic (exact) mass is 327 g/mol. The van der Waals surface area contributed by atoms with Gasteiger partial charge >= 0.3 is 5.97 Å². The topological polar surface area (TPSA) is 38.3 Å². The highest BCUT2D eigenvalue weighted by atomic mass is 35.5. The number of hydrogen-bond acceptors (Lipinski definition) is 4. The van der Waals surface area contributed by atoms with E-state index in [1.165, 1.54) is 0 Å². The van der Waals surface area contributed by atoms with Crippen molar-refractivity contribution in [2.24, 2.45) is 5.92 Å². The fourth-order valence-electron chi connectivity index (χ4n) is 2.49. The number of likely N-dealkylation sites (N-methyl/N-ethyl adjacent to an activating group) is 1. The lowest BCUT2D eigenvalue weighted by molar-refractivity contribution is -0.151. The Kier molecular flexibility index (Phi) is 5.97. The first-order chi connectivity index (χ1) is 10.1. The summed E-state index contributed by atoms with van der Waals surface area (Å²) in [5.41, 5.74) is -0.560. The van der Waals surface area contributed by atoms with Gasteiger partial charge in [-0.25, -0.2) is 0 Å². The summed E-state index contributed by atoms with van der Waals surface area (Å²) in [5, 5.41) is 4.13. The van der Waals surface area contributed by atoms with E-state index in [0.717, 1.165) is 29.3 Å². The third-order valence-electron chi connectivity index (χ3n) is 3.69. The van der Waals surface area contributed by atoms with Crippen LogP contribution in [0.25, 0.3) is 0 Å². The van der Waals surface area contributed by atoms with Gasteiger partial charge in [-0.2, -0.15) is 0 Å². The standard InChI is InChI=1S/C16H22ClNO2S/c1-3-18-16(12-5-6-12,15(19)20-4-2)11-21-14-9-7-13(17)8-10-14/h7-10,12,18H,3-6,11H2,1-2H3. The second-order valence-corrected chi connectivity index (χ2v) is 6.72. The molecule has 0 aliphatic heterocycles. The summed E-state index contributed by atoms with van der Waals surface area (Å²) in [6.45, 7) is 5.07. The summed E-state index contributed by atoms with van der Waals surface area (Å²) in [5.74, 6) is 0.957. The second kappa shape index (κ2) is 7.52. The molecule has 1 aliphatic carbocycles. The molecule has 0 aromatic heterocycles. The van der Waals surface area contributed by atoms with Crippen molar-refractivity contribution in [2.75, 3.05) is 18.9 Å². The van der Waals surface area contributed by atoms with E-state index < -0.39 is 5.54 Å². The second-order valence-electron chi connectivity index (χ2n) is 5.24. The molecule has 1 saturated carbocycles. The number of benzene rings is 1. The zero-order chi connectivity index (χ0) is 15.3. The highest BCUT2D eigenvalue weighted by Crippen LogP contribution is 2.43. The van der Waals surface area contributed by atoms with Crippen LogP contribution < -0.4 is 5.32 Å². The van der Waals surface area contributed by atoms with E-state index in [4.69, 9.17) is 16.3 Å². The van der Waals surface area contributed by atoms with Crippen LogP contribution in [0.5, 0.6) is 0 Å². The summed E-state index contributed by atoms with van der Waals surface area (Å²) in [6, 6.07) is 7.73. The van der Waals surface area contributed by atoms with Crippen molar-refractivity contribution in [3.05, 3.63) is 29.3 Å². The van der Waals surface area contributed by atoms with Crippen LogP contribution in [-0.4, -0.2) is 30.4 Å². The van der Waals surface area contributed by atoms with Crippen LogP contribution in [0.2, 0.25) is 5.02 Å². The third kappa shape index (κ3) is 4.15. The molecule has 1 N–H and O–H groups in total. The molecule has 21 heavy (non-hydrogen) atoms. The molecule has 0 spiro atoms. The Labute approximate surface area is 135 Å². The van der Waals surface area contributed by atoms with Gasteiger partial charge in [0.1, 0.15) is 5.54 Å². The summed E-state index contributed by atoms with van der Waals surface area (Å²) in [6.07, 6.45) is 2.18. The van der Waals surface area contributed by atoms with Crippen molar-refractivity contribution in [1.82, 2.24) is 5.32 Å². The average molecular weight is 328 g/mol. The SMILES string of the molecule is CCNC(CSc1ccc(Cl)cc1)(C(=O)OCC)C1CC1. The number of thioether (sulfide) groups is 1. The van der Waals surface area contributed by atoms with Crippen LogP contribution in [0, 0.1) is 5.92 Å². The van der Waals surface area contributed by atoms with Gasteiger partial charge in [-0.15, -0.1) is 11.8 Å². The minimum absolute atomic E-state index is 0.115. The van der Waals surface area contributed by atoms with Gasteiger partial charge < -0.3 is 10.1 Å². The van der Waals surface area contributed by atoms with Crippen LogP contribution in [0.3, 0.4) is 0 Å². The smallest absolute Gasteiger partial charge is 0.327 e. The number of nitrogens with one attached hydrogen (secondary N) is 1. The maximum atomic E-state index is 12.5. The van der Waals surface area contributed by atoms with E-state index in [-0.39, 0.29) is 5.97 Å². The molecule has 1 unspecified atom stereocenters. The van der Waals surface area contributed by atoms with Crippen LogP contribution >= 0.6 is 23.4 Å². The van der Waals surface area contributed by atoms with Gasteiger partial charge in [0.2, 0.25) is 0 Å². The number of hydrogen-bond donors (Lipinski definition) is 1. The van der Waals surface area contributed by atoms with Gasteiger partial charge in [0, 0.05) is 15.7 Å². The Morgan fingerprint density at radius 1 is 1.38 bits per heavy atom. The first-order valence-corrected chi connectivity index (χ1v) is 8.79. The molecule has 1 fully saturated rings. The van der Waals surface area contributed by atoms with E-state index in [0.29, 0.717) is 18.3 Å². The maximum absolute atomic E-state index is 12.5. The molecule has 0 radical (unpaired) electrons. The minimum Gasteiger partial charge on any atom is -0.465 e. The lowest BCUT2D eigenvalue weighted by Gasteiger charge is -2.32. The zero-order valence-electron chi connectivity index (χ0n) is 12.5. The summed E-state index contributed by atoms with van der Waals surface area (Å²) < 4.78 is 5.33. The molecule has 1 atom stereocenters. The van der Waals surface area contributed by atoms with Crippen LogP contribution in [0.4, 0.5) is 0 Å². The van der Waals surface area contributed by atoms with Crippen molar-refractivity contribution in [1.29, 1.82) is 0 Å². The lowest BCUT2D eigenvalue weighted by Crippen LogP contribution is -2.57. The first-order valence-electron chi connectivity index (χ1n) is 7.43. The van der Waals surface area contributed by atoms with Crippen molar-refractivity contribution in [3.63, 3.8) is 0 Å². The Morgan fingerprint density at radius 2 is 2.05 bits per heavy atom. The van der Waals surface area contributed by atoms with E-state index in [1.54, 1.807) is 11.8 Å². The molecule has 1 aliphatic rings. The largest absolute Gasteiger partial charge is 0.465 e. The highest BCUT2D eigenvalue weighted by molar-refractivity contribution is 7.99. The van der Waals surface area contributed by atoms with Gasteiger partial charge in [0.25, 0.3) is 0 Å². The van der Waals surface area contributed by atoms with E-state index in [2.05, 4.69) is 5.32 Å². The molecule has 3 nitrogen and oxygen atoms in total. The van der Waals surface area contributed by atoms with E-state index in [1.807, 2.05) is 38.1 Å². The lowest BCUT2D eigenvalue weighted by atomic mass is 9.95. The molecule has 1 aromatic rings. The number of esters is 1. The summed E-state index contributed by atoms with van der Waals surface area (Å²) >= 11 is 7.58. The van der Waals surface area contributed by atoms with Gasteiger partial charge in [-0.3, -0.25) is 4.79 Å². The Hall–Kier alpha value is -0.710. The number of carbonyl (C=O) groups excluding carboxylic acids is 1. The van der Waals surface area contributed by atoms with Gasteiger partial charge in [-0.1, -0.05) is 18.5 Å². The predicted octanol–water partition coefficient (Wildman–Crippen LogP) is 3.75. The Morgan fingerprint density at radius 3 is 2.57 bits per heavy atom. The quantitative estimate of drug-likeness (QED) is 0.583. The number of ether oxygens (including phenoxy) is 1. The minimum atomic E-state index is -0.560. The fourth-order valence-corrected chi connectivity index (χ4v) is 3.79. The maximum Gasteiger partial charge on any atom is 0.327 e. The molecule has 2 rings (SSSR count). The van der Waals surface area contributed by atoms with Gasteiger partial charge in [-0.05, 0) is 56.5 Å². The normalized spacial score (nSPS) is 17.3. The molecular formula is C16H22ClNO2S. The molecule has 0 bridgehead atoms. The molecule has 0 amide bonds. The average Bonchev–Trinajstić information content (AvgIpc) is 3.30. The molecule has 0 heterocycles. The Balaban J connectivity index is 2.11. The van der Waals surface area contributed by atoms with Crippen LogP contribution in [-0.2, 0) is 9.53 Å². The van der Waals surface area contributed by atoms with Crippen LogP contribution in [0.15, 0.2) is 29.2 Å². The number of halogens is 1. The fraction of sp³-hybridized carbons (Fsp3) is 0.562. The number of rotatable bonds is 8. The molecule has 0 saturated heterocycles. The summed E-state index contributed by atoms with van der Waals surface area (Å²) in [7, 11) is 0. The number of carbonyl (C=O) groups is 1. The molecule has 5 heteroatoms. The molecule has 1 aromatic carbocycles. The van der Waals surface area contributed by atoms with Crippen molar-refractivity contribution in [2.45, 2.75) is 37.1 Å². The first kappa shape index (κ1) is 16.7. The highest BCUT2D eigenvalue weighted by Gasteiger charge is 2.51. The molecule has 116 valence electrons. The van der Waals surface area contributed by atoms with Crippen molar-refractivity contribution >= 4 is 29.3 Å². The Bertz CT molecular complexity index is 476. The third-order valence-corrected chi connectivity index (χ3v) is 5.14. The van der Waals surface area contributed by atoms with E-state index >= 15 is 0 Å². The summed E-state index contributed by atoms with van der Waals surface area (Å²) in [4.78, 5) is 13.6.